The molecule has 6 heteroatoms. The van der Waals surface area contributed by atoms with E-state index in [1.54, 1.807) is 18.2 Å². The molecule has 1 aliphatic heterocycles. The number of carbonyl (C=O) groups excluding carboxylic acids is 2. The number of carbonyl (C=O) groups is 2. The van der Waals surface area contributed by atoms with E-state index in [1.165, 1.54) is 18.3 Å². The predicted molar refractivity (Wildman–Crippen MR) is 122 cm³/mol. The quantitative estimate of drug-likeness (QED) is 0.351. The van der Waals surface area contributed by atoms with E-state index in [1.807, 2.05) is 52.0 Å². The first kappa shape index (κ1) is 21.4. The molecule has 0 bridgehead atoms. The largest absolute Gasteiger partial charge is 0.507 e. The minimum absolute atomic E-state index is 0.0348. The summed E-state index contributed by atoms with van der Waals surface area (Å²) >= 11 is 0. The Morgan fingerprint density at radius 2 is 1.66 bits per heavy atom. The number of amides is 1. The van der Waals surface area contributed by atoms with E-state index in [0.717, 1.165) is 22.3 Å². The maximum atomic E-state index is 13.3. The van der Waals surface area contributed by atoms with E-state index < -0.39 is 17.7 Å². The number of aryl methyl sites for hydroxylation is 4. The van der Waals surface area contributed by atoms with Crippen molar-refractivity contribution in [2.45, 2.75) is 33.7 Å². The van der Waals surface area contributed by atoms with Crippen molar-refractivity contribution < 1.29 is 23.8 Å². The Balaban J connectivity index is 2.00. The van der Waals surface area contributed by atoms with Gasteiger partial charge >= 0.3 is 0 Å². The number of Topliss-reactive ketones (excluding diaryl/α,β-unsaturated/α-hetero) is 1. The van der Waals surface area contributed by atoms with Crippen molar-refractivity contribution in [1.82, 2.24) is 0 Å². The molecule has 0 spiro atoms. The van der Waals surface area contributed by atoms with Crippen molar-refractivity contribution in [1.29, 1.82) is 0 Å². The smallest absolute Gasteiger partial charge is 0.300 e. The van der Waals surface area contributed by atoms with Crippen LogP contribution in [0, 0.1) is 27.7 Å². The molecule has 1 fully saturated rings. The zero-order valence-electron chi connectivity index (χ0n) is 18.7. The Morgan fingerprint density at radius 1 is 1.00 bits per heavy atom. The molecule has 1 N–H and O–H groups in total. The summed E-state index contributed by atoms with van der Waals surface area (Å²) in [4.78, 5) is 27.9. The molecule has 1 saturated heterocycles. The van der Waals surface area contributed by atoms with Crippen LogP contribution >= 0.6 is 0 Å². The summed E-state index contributed by atoms with van der Waals surface area (Å²) in [5, 5.41) is 11.4. The second kappa shape index (κ2) is 8.04. The maximum Gasteiger partial charge on any atom is 0.300 e. The summed E-state index contributed by atoms with van der Waals surface area (Å²) in [6.07, 6.45) is 1.48. The Morgan fingerprint density at radius 3 is 2.25 bits per heavy atom. The number of anilines is 1. The van der Waals surface area contributed by atoms with Crippen LogP contribution < -0.4 is 9.64 Å². The topological polar surface area (TPSA) is 80.0 Å². The minimum Gasteiger partial charge on any atom is -0.507 e. The van der Waals surface area contributed by atoms with Crippen LogP contribution in [0.25, 0.3) is 5.76 Å². The molecule has 6 nitrogen and oxygen atoms in total. The first-order valence-electron chi connectivity index (χ1n) is 10.3. The van der Waals surface area contributed by atoms with Crippen LogP contribution in [0.1, 0.15) is 39.6 Å². The number of benzene rings is 2. The predicted octanol–water partition coefficient (Wildman–Crippen LogP) is 5.15. The van der Waals surface area contributed by atoms with Gasteiger partial charge in [0, 0.05) is 5.69 Å². The van der Waals surface area contributed by atoms with Gasteiger partial charge in [0.05, 0.1) is 24.5 Å². The lowest BCUT2D eigenvalue weighted by molar-refractivity contribution is -0.132. The molecule has 32 heavy (non-hydrogen) atoms. The van der Waals surface area contributed by atoms with E-state index >= 15 is 0 Å². The van der Waals surface area contributed by atoms with E-state index in [9.17, 15) is 14.7 Å². The van der Waals surface area contributed by atoms with Crippen LogP contribution in [-0.4, -0.2) is 23.9 Å². The highest BCUT2D eigenvalue weighted by molar-refractivity contribution is 6.51. The lowest BCUT2D eigenvalue weighted by atomic mass is 9.96. The van der Waals surface area contributed by atoms with Crippen molar-refractivity contribution in [3.63, 3.8) is 0 Å². The van der Waals surface area contributed by atoms with Crippen LogP contribution in [0.3, 0.4) is 0 Å². The van der Waals surface area contributed by atoms with Gasteiger partial charge in [-0.1, -0.05) is 12.1 Å². The number of ether oxygens (including phenoxy) is 1. The molecule has 0 saturated carbocycles. The molecular formula is C26H25NO5. The number of ketones is 1. The maximum absolute atomic E-state index is 13.3. The third-order valence-corrected chi connectivity index (χ3v) is 5.62. The molecule has 164 valence electrons. The number of aliphatic hydroxyl groups is 1. The highest BCUT2D eigenvalue weighted by Crippen LogP contribution is 2.44. The summed E-state index contributed by atoms with van der Waals surface area (Å²) < 4.78 is 11.1. The van der Waals surface area contributed by atoms with Crippen LogP contribution in [0.5, 0.6) is 5.75 Å². The van der Waals surface area contributed by atoms with E-state index in [4.69, 9.17) is 9.15 Å². The lowest BCUT2D eigenvalue weighted by Gasteiger charge is -2.24. The van der Waals surface area contributed by atoms with Gasteiger partial charge in [-0.05, 0) is 80.3 Å². The molecular weight excluding hydrogens is 406 g/mol. The molecule has 3 aromatic rings. The Bertz CT molecular complexity index is 1230. The first-order valence-corrected chi connectivity index (χ1v) is 10.3. The highest BCUT2D eigenvalue weighted by Gasteiger charge is 2.48. The van der Waals surface area contributed by atoms with Crippen molar-refractivity contribution in [3.8, 4) is 5.75 Å². The fourth-order valence-corrected chi connectivity index (χ4v) is 4.45. The molecule has 4 rings (SSSR count). The number of aliphatic hydroxyl groups excluding tert-OH is 1. The monoisotopic (exact) mass is 431 g/mol. The molecule has 0 aliphatic carbocycles. The molecule has 1 unspecified atom stereocenters. The highest BCUT2D eigenvalue weighted by atomic mass is 16.5. The minimum atomic E-state index is -0.906. The average molecular weight is 431 g/mol. The SMILES string of the molecule is COc1c(C)cc(C)cc1/C(O)=C1/C(=O)C(=O)N(c2cc(C)cc(C)c2)C1c1ccco1. The van der Waals surface area contributed by atoms with Crippen molar-refractivity contribution in [3.05, 3.63) is 87.9 Å². The number of hydrogen-bond acceptors (Lipinski definition) is 5. The number of hydrogen-bond donors (Lipinski definition) is 1. The molecule has 2 heterocycles. The summed E-state index contributed by atoms with van der Waals surface area (Å²) in [6, 6.07) is 11.8. The molecule has 1 amide bonds. The second-order valence-corrected chi connectivity index (χ2v) is 8.19. The molecule has 1 aliphatic rings. The lowest BCUT2D eigenvalue weighted by Crippen LogP contribution is -2.29. The number of methoxy groups -OCH3 is 1. The van der Waals surface area contributed by atoms with Gasteiger partial charge < -0.3 is 14.3 Å². The zero-order valence-corrected chi connectivity index (χ0v) is 18.7. The van der Waals surface area contributed by atoms with Crippen LogP contribution in [0.4, 0.5) is 5.69 Å². The van der Waals surface area contributed by atoms with Gasteiger partial charge in [0.2, 0.25) is 0 Å². The first-order chi connectivity index (χ1) is 15.2. The van der Waals surface area contributed by atoms with Crippen molar-refractivity contribution in [2.24, 2.45) is 0 Å². The zero-order chi connectivity index (χ0) is 23.2. The normalized spacial score (nSPS) is 17.8. The number of furan rings is 1. The van der Waals surface area contributed by atoms with E-state index in [2.05, 4.69) is 0 Å². The van der Waals surface area contributed by atoms with Crippen LogP contribution in [0.15, 0.2) is 58.7 Å². The Labute approximate surface area is 186 Å². The summed E-state index contributed by atoms with van der Waals surface area (Å²) in [5.41, 5.74) is 4.51. The summed E-state index contributed by atoms with van der Waals surface area (Å²) in [5.74, 6) is -0.956. The summed E-state index contributed by atoms with van der Waals surface area (Å²) in [6.45, 7) is 7.60. The number of rotatable bonds is 4. The van der Waals surface area contributed by atoms with Gasteiger partial charge in [-0.3, -0.25) is 14.5 Å². The van der Waals surface area contributed by atoms with Gasteiger partial charge in [-0.25, -0.2) is 0 Å². The fraction of sp³-hybridized carbons (Fsp3) is 0.231. The molecule has 1 atom stereocenters. The standard InChI is InChI=1S/C26H25NO5/c1-14-9-15(2)12-18(11-14)27-22(20-7-6-8-32-20)21(24(29)26(27)30)23(28)19-13-16(3)10-17(4)25(19)31-5/h6-13,22,28H,1-5H3/b23-21-. The van der Waals surface area contributed by atoms with Gasteiger partial charge in [0.1, 0.15) is 23.3 Å². The van der Waals surface area contributed by atoms with Gasteiger partial charge in [0.25, 0.3) is 11.7 Å². The molecule has 2 aromatic carbocycles. The third-order valence-electron chi connectivity index (χ3n) is 5.62. The Hall–Kier alpha value is -3.80. The number of nitrogens with zero attached hydrogens (tertiary/aromatic N) is 1. The van der Waals surface area contributed by atoms with E-state index in [-0.39, 0.29) is 11.3 Å². The van der Waals surface area contributed by atoms with Gasteiger partial charge in [-0.15, -0.1) is 0 Å². The summed E-state index contributed by atoms with van der Waals surface area (Å²) in [7, 11) is 1.51. The van der Waals surface area contributed by atoms with Crippen LogP contribution in [-0.2, 0) is 9.59 Å². The van der Waals surface area contributed by atoms with Gasteiger partial charge in [0.15, 0.2) is 0 Å². The average Bonchev–Trinajstić information content (AvgIpc) is 3.33. The Kier molecular flexibility index (Phi) is 5.38. The fourth-order valence-electron chi connectivity index (χ4n) is 4.45. The van der Waals surface area contributed by atoms with Crippen LogP contribution in [0.2, 0.25) is 0 Å². The molecule has 0 radical (unpaired) electrons. The van der Waals surface area contributed by atoms with Crippen molar-refractivity contribution in [2.75, 3.05) is 12.0 Å². The third kappa shape index (κ3) is 3.47. The van der Waals surface area contributed by atoms with Gasteiger partial charge in [-0.2, -0.15) is 0 Å². The van der Waals surface area contributed by atoms with E-state index in [0.29, 0.717) is 22.8 Å². The second-order valence-electron chi connectivity index (χ2n) is 8.19. The molecule has 1 aromatic heterocycles. The van der Waals surface area contributed by atoms with Crippen molar-refractivity contribution >= 4 is 23.1 Å².